The highest BCUT2D eigenvalue weighted by molar-refractivity contribution is 5.94. The summed E-state index contributed by atoms with van der Waals surface area (Å²) >= 11 is 0. The molecule has 3 heterocycles. The molecule has 0 aliphatic carbocycles. The molecule has 1 aliphatic rings. The minimum Gasteiger partial charge on any atom is -0.387 e. The maximum absolute atomic E-state index is 13.0. The van der Waals surface area contributed by atoms with E-state index in [4.69, 9.17) is 0 Å². The lowest BCUT2D eigenvalue weighted by molar-refractivity contribution is 0.0783. The maximum atomic E-state index is 13.0. The molecule has 1 saturated heterocycles. The van der Waals surface area contributed by atoms with Gasteiger partial charge in [0.15, 0.2) is 0 Å². The molecule has 8 heteroatoms. The van der Waals surface area contributed by atoms with Crippen molar-refractivity contribution in [2.75, 3.05) is 7.05 Å². The number of benzene rings is 1. The van der Waals surface area contributed by atoms with E-state index in [0.29, 0.717) is 17.7 Å². The number of amides is 1. The van der Waals surface area contributed by atoms with Crippen molar-refractivity contribution in [2.45, 2.75) is 50.9 Å². The first kappa shape index (κ1) is 22.1. The van der Waals surface area contributed by atoms with Crippen molar-refractivity contribution in [3.05, 3.63) is 82.7 Å². The Morgan fingerprint density at radius 3 is 2.69 bits per heavy atom. The number of pyridine rings is 1. The Morgan fingerprint density at radius 2 is 2.03 bits per heavy atom. The largest absolute Gasteiger partial charge is 0.387 e. The van der Waals surface area contributed by atoms with Gasteiger partial charge in [-0.3, -0.25) is 9.89 Å². The summed E-state index contributed by atoms with van der Waals surface area (Å²) in [5.74, 6) is -0.602. The van der Waals surface area contributed by atoms with Gasteiger partial charge in [-0.05, 0) is 56.0 Å². The molecule has 1 fully saturated rings. The quantitative estimate of drug-likeness (QED) is 0.494. The maximum Gasteiger partial charge on any atom is 0.253 e. The van der Waals surface area contributed by atoms with Gasteiger partial charge >= 0.3 is 0 Å². The number of aromatic amines is 1. The summed E-state index contributed by atoms with van der Waals surface area (Å²) in [5, 5.41) is 21.1. The average molecular weight is 438 g/mol. The number of nitrogens with one attached hydrogen (secondary N) is 2. The lowest BCUT2D eigenvalue weighted by atomic mass is 10.0. The van der Waals surface area contributed by atoms with E-state index >= 15 is 0 Å². The second kappa shape index (κ2) is 9.58. The van der Waals surface area contributed by atoms with E-state index in [2.05, 4.69) is 20.5 Å². The Hall–Kier alpha value is -3.10. The standard InChI is InChI=1S/C24H28FN5O2/c1-15-11-20(29-28-15)14-30(2)24(32)17-5-3-16(4-6-17)12-19-8-9-21(27-19)23(31)18-7-10-22(25)26-13-18/h3-7,10-11,13,19,21,23,27,31H,8-9,12,14H2,1-2H3,(H,28,29)/t19-,21+,23+/m0/s1. The summed E-state index contributed by atoms with van der Waals surface area (Å²) in [7, 11) is 1.77. The Balaban J connectivity index is 1.30. The molecular formula is C24H28FN5O2. The third-order valence-electron chi connectivity index (χ3n) is 5.94. The van der Waals surface area contributed by atoms with Crippen molar-refractivity contribution in [3.63, 3.8) is 0 Å². The first-order valence-corrected chi connectivity index (χ1v) is 10.8. The lowest BCUT2D eigenvalue weighted by Gasteiger charge is -2.20. The van der Waals surface area contributed by atoms with Crippen LogP contribution in [0.2, 0.25) is 0 Å². The van der Waals surface area contributed by atoms with E-state index in [1.165, 1.54) is 12.3 Å². The fourth-order valence-corrected chi connectivity index (χ4v) is 4.21. The topological polar surface area (TPSA) is 94.1 Å². The second-order valence-corrected chi connectivity index (χ2v) is 8.51. The molecule has 0 spiro atoms. The first-order chi connectivity index (χ1) is 15.4. The zero-order valence-corrected chi connectivity index (χ0v) is 18.3. The van der Waals surface area contributed by atoms with Gasteiger partial charge in [0.05, 0.1) is 18.3 Å². The van der Waals surface area contributed by atoms with Gasteiger partial charge < -0.3 is 15.3 Å². The highest BCUT2D eigenvalue weighted by Crippen LogP contribution is 2.26. The van der Waals surface area contributed by atoms with E-state index in [-0.39, 0.29) is 18.0 Å². The molecule has 3 atom stereocenters. The number of aryl methyl sites for hydroxylation is 1. The zero-order valence-electron chi connectivity index (χ0n) is 18.3. The summed E-state index contributed by atoms with van der Waals surface area (Å²) in [5.41, 5.74) is 4.18. The molecule has 7 nitrogen and oxygen atoms in total. The number of hydrogen-bond acceptors (Lipinski definition) is 5. The van der Waals surface area contributed by atoms with Crippen LogP contribution in [0.5, 0.6) is 0 Å². The predicted molar refractivity (Wildman–Crippen MR) is 118 cm³/mol. The monoisotopic (exact) mass is 437 g/mol. The molecule has 1 amide bonds. The first-order valence-electron chi connectivity index (χ1n) is 10.8. The van der Waals surface area contributed by atoms with Gasteiger partial charge in [0.2, 0.25) is 5.95 Å². The number of aliphatic hydroxyl groups is 1. The molecule has 0 unspecified atom stereocenters. The summed E-state index contributed by atoms with van der Waals surface area (Å²) in [4.78, 5) is 18.0. The van der Waals surface area contributed by atoms with Crippen LogP contribution in [0.1, 0.15) is 51.8 Å². The van der Waals surface area contributed by atoms with E-state index in [0.717, 1.165) is 36.2 Å². The smallest absolute Gasteiger partial charge is 0.253 e. The number of carbonyl (C=O) groups excluding carboxylic acids is 1. The Morgan fingerprint density at radius 1 is 1.25 bits per heavy atom. The summed E-state index contributed by atoms with van der Waals surface area (Å²) in [6.07, 6.45) is 3.23. The number of hydrogen-bond donors (Lipinski definition) is 3. The molecule has 32 heavy (non-hydrogen) atoms. The summed E-state index contributed by atoms with van der Waals surface area (Å²) in [6, 6.07) is 12.6. The van der Waals surface area contributed by atoms with Crippen molar-refractivity contribution in [3.8, 4) is 0 Å². The zero-order chi connectivity index (χ0) is 22.7. The average Bonchev–Trinajstić information content (AvgIpc) is 3.42. The van der Waals surface area contributed by atoms with Crippen LogP contribution in [0, 0.1) is 12.9 Å². The second-order valence-electron chi connectivity index (χ2n) is 8.51. The number of halogens is 1. The van der Waals surface area contributed by atoms with Crippen molar-refractivity contribution in [1.82, 2.24) is 25.4 Å². The number of rotatable bonds is 7. The van der Waals surface area contributed by atoms with Crippen LogP contribution in [-0.4, -0.2) is 50.2 Å². The van der Waals surface area contributed by atoms with Crippen molar-refractivity contribution in [2.24, 2.45) is 0 Å². The molecule has 4 rings (SSSR count). The highest BCUT2D eigenvalue weighted by Gasteiger charge is 2.30. The SMILES string of the molecule is Cc1cc(CN(C)C(=O)c2ccc(C[C@@H]3CC[C@H]([C@H](O)c4ccc(F)nc4)N3)cc2)n[nH]1. The van der Waals surface area contributed by atoms with Crippen LogP contribution in [-0.2, 0) is 13.0 Å². The van der Waals surface area contributed by atoms with Crippen LogP contribution in [0.3, 0.4) is 0 Å². The minimum absolute atomic E-state index is 0.0488. The predicted octanol–water partition coefficient (Wildman–Crippen LogP) is 2.92. The molecule has 0 bridgehead atoms. The van der Waals surface area contributed by atoms with Crippen molar-refractivity contribution < 1.29 is 14.3 Å². The molecule has 3 aromatic rings. The molecule has 1 aromatic carbocycles. The third kappa shape index (κ3) is 5.20. The van der Waals surface area contributed by atoms with Gasteiger partial charge in [-0.1, -0.05) is 18.2 Å². The number of nitrogens with zero attached hydrogens (tertiary/aromatic N) is 3. The van der Waals surface area contributed by atoms with E-state index in [1.54, 1.807) is 18.0 Å². The Labute approximate surface area is 186 Å². The fourth-order valence-electron chi connectivity index (χ4n) is 4.21. The molecule has 3 N–H and O–H groups in total. The van der Waals surface area contributed by atoms with Crippen LogP contribution in [0.4, 0.5) is 4.39 Å². The molecular weight excluding hydrogens is 409 g/mol. The van der Waals surface area contributed by atoms with E-state index < -0.39 is 12.1 Å². The van der Waals surface area contributed by atoms with Crippen LogP contribution >= 0.6 is 0 Å². The number of aromatic nitrogens is 3. The van der Waals surface area contributed by atoms with Crippen molar-refractivity contribution in [1.29, 1.82) is 0 Å². The molecule has 0 radical (unpaired) electrons. The highest BCUT2D eigenvalue weighted by atomic mass is 19.1. The van der Waals surface area contributed by atoms with Crippen molar-refractivity contribution >= 4 is 5.91 Å². The molecule has 168 valence electrons. The van der Waals surface area contributed by atoms with Gasteiger partial charge in [0.25, 0.3) is 5.91 Å². The number of carbonyl (C=O) groups is 1. The van der Waals surface area contributed by atoms with E-state index in [1.807, 2.05) is 37.3 Å². The minimum atomic E-state index is -0.720. The van der Waals surface area contributed by atoms with Gasteiger partial charge in [-0.2, -0.15) is 9.49 Å². The van der Waals surface area contributed by atoms with E-state index in [9.17, 15) is 14.3 Å². The summed E-state index contributed by atoms with van der Waals surface area (Å²) in [6.45, 7) is 2.38. The number of H-pyrrole nitrogens is 1. The molecule has 0 saturated carbocycles. The molecule has 1 aliphatic heterocycles. The van der Waals surface area contributed by atoms with Crippen LogP contribution < -0.4 is 5.32 Å². The van der Waals surface area contributed by atoms with Gasteiger partial charge in [0, 0.05) is 42.1 Å². The Bertz CT molecular complexity index is 1050. The fraction of sp³-hybridized carbons (Fsp3) is 0.375. The number of aliphatic hydroxyl groups excluding tert-OH is 1. The van der Waals surface area contributed by atoms with Gasteiger partial charge in [-0.25, -0.2) is 4.98 Å². The van der Waals surface area contributed by atoms with Gasteiger partial charge in [0.1, 0.15) is 0 Å². The Kier molecular flexibility index (Phi) is 6.62. The lowest BCUT2D eigenvalue weighted by Crippen LogP contribution is -2.35. The summed E-state index contributed by atoms with van der Waals surface area (Å²) < 4.78 is 13.0. The third-order valence-corrected chi connectivity index (χ3v) is 5.94. The molecule has 2 aromatic heterocycles. The van der Waals surface area contributed by atoms with Crippen LogP contribution in [0.25, 0.3) is 0 Å². The van der Waals surface area contributed by atoms with Gasteiger partial charge in [-0.15, -0.1) is 0 Å². The normalized spacial score (nSPS) is 19.1. The van der Waals surface area contributed by atoms with Crippen LogP contribution in [0.15, 0.2) is 48.7 Å².